The van der Waals surface area contributed by atoms with Crippen molar-refractivity contribution >= 4 is 26.0 Å². The molecule has 18 heavy (non-hydrogen) atoms. The molecule has 1 heterocycles. The fourth-order valence-corrected chi connectivity index (χ4v) is 3.93. The second-order valence-corrected chi connectivity index (χ2v) is 7.19. The molecule has 0 N–H and O–H groups in total. The minimum absolute atomic E-state index is 0.0797. The fourth-order valence-electron chi connectivity index (χ4n) is 1.99. The lowest BCUT2D eigenvalue weighted by molar-refractivity contribution is -0.0232. The number of benzene rings is 1. The van der Waals surface area contributed by atoms with E-state index in [-0.39, 0.29) is 12.1 Å². The van der Waals surface area contributed by atoms with E-state index >= 15 is 0 Å². The molecule has 0 amide bonds. The molecule has 2 unspecified atom stereocenters. The molecule has 2 rings (SSSR count). The van der Waals surface area contributed by atoms with Gasteiger partial charge >= 0.3 is 0 Å². The first-order valence-corrected chi connectivity index (χ1v) is 8.05. The number of hydrogen-bond acceptors (Lipinski definition) is 3. The number of sulfonamides is 1. The molecule has 1 aromatic rings. The van der Waals surface area contributed by atoms with Gasteiger partial charge in [0.05, 0.1) is 17.6 Å². The van der Waals surface area contributed by atoms with Crippen LogP contribution in [0.2, 0.25) is 0 Å². The number of morpholine rings is 1. The molecular formula is C12H16BrNO3S. The summed E-state index contributed by atoms with van der Waals surface area (Å²) in [6, 6.07) is 6.56. The third-order valence-electron chi connectivity index (χ3n) is 3.25. The molecular weight excluding hydrogens is 318 g/mol. The first-order valence-electron chi connectivity index (χ1n) is 5.82. The van der Waals surface area contributed by atoms with Crippen LogP contribution in [0.1, 0.15) is 13.8 Å². The minimum atomic E-state index is -3.43. The van der Waals surface area contributed by atoms with Crippen LogP contribution in [0.5, 0.6) is 0 Å². The molecule has 1 aromatic carbocycles. The smallest absolute Gasteiger partial charge is 0.243 e. The summed E-state index contributed by atoms with van der Waals surface area (Å²) in [4.78, 5) is 0.326. The van der Waals surface area contributed by atoms with E-state index in [0.29, 0.717) is 18.0 Å². The van der Waals surface area contributed by atoms with Crippen molar-refractivity contribution in [2.75, 3.05) is 13.2 Å². The Balaban J connectivity index is 2.33. The highest BCUT2D eigenvalue weighted by atomic mass is 79.9. The second-order valence-electron chi connectivity index (χ2n) is 4.39. The topological polar surface area (TPSA) is 46.6 Å². The molecule has 0 radical (unpaired) electrons. The van der Waals surface area contributed by atoms with Crippen LogP contribution < -0.4 is 0 Å². The highest BCUT2D eigenvalue weighted by Crippen LogP contribution is 2.24. The van der Waals surface area contributed by atoms with Crippen LogP contribution in [0.4, 0.5) is 0 Å². The summed E-state index contributed by atoms with van der Waals surface area (Å²) in [5, 5.41) is 0. The summed E-state index contributed by atoms with van der Waals surface area (Å²) >= 11 is 3.30. The maximum Gasteiger partial charge on any atom is 0.243 e. The molecule has 0 saturated carbocycles. The number of rotatable bonds is 2. The first kappa shape index (κ1) is 14.0. The van der Waals surface area contributed by atoms with Gasteiger partial charge in [-0.15, -0.1) is 0 Å². The maximum atomic E-state index is 12.5. The van der Waals surface area contributed by atoms with Crippen molar-refractivity contribution in [2.24, 2.45) is 0 Å². The van der Waals surface area contributed by atoms with Gasteiger partial charge in [0.2, 0.25) is 10.0 Å². The third kappa shape index (κ3) is 2.61. The highest BCUT2D eigenvalue weighted by molar-refractivity contribution is 9.10. The average Bonchev–Trinajstić information content (AvgIpc) is 2.33. The SMILES string of the molecule is CC1OCCN(S(=O)(=O)c2ccc(Br)cc2)C1C. The van der Waals surface area contributed by atoms with Gasteiger partial charge in [-0.25, -0.2) is 8.42 Å². The van der Waals surface area contributed by atoms with Crippen LogP contribution in [0.3, 0.4) is 0 Å². The Hall–Kier alpha value is -0.430. The molecule has 0 spiro atoms. The van der Waals surface area contributed by atoms with E-state index in [1.165, 1.54) is 4.31 Å². The molecule has 1 saturated heterocycles. The van der Waals surface area contributed by atoms with E-state index in [9.17, 15) is 8.42 Å². The average molecular weight is 334 g/mol. The van der Waals surface area contributed by atoms with Crippen LogP contribution >= 0.6 is 15.9 Å². The van der Waals surface area contributed by atoms with E-state index in [2.05, 4.69) is 15.9 Å². The van der Waals surface area contributed by atoms with Gasteiger partial charge in [-0.05, 0) is 38.1 Å². The van der Waals surface area contributed by atoms with Crippen LogP contribution in [-0.4, -0.2) is 38.0 Å². The van der Waals surface area contributed by atoms with Gasteiger partial charge in [-0.2, -0.15) is 4.31 Å². The van der Waals surface area contributed by atoms with E-state index in [0.717, 1.165) is 4.47 Å². The normalized spacial score (nSPS) is 26.2. The molecule has 1 aliphatic rings. The van der Waals surface area contributed by atoms with Gasteiger partial charge in [0.1, 0.15) is 0 Å². The van der Waals surface area contributed by atoms with Crippen molar-refractivity contribution in [1.29, 1.82) is 0 Å². The molecule has 100 valence electrons. The van der Waals surface area contributed by atoms with Gasteiger partial charge in [-0.1, -0.05) is 15.9 Å². The molecule has 0 aliphatic carbocycles. The Bertz CT molecular complexity index is 515. The zero-order valence-electron chi connectivity index (χ0n) is 10.3. The van der Waals surface area contributed by atoms with Gasteiger partial charge in [0, 0.05) is 17.1 Å². The lowest BCUT2D eigenvalue weighted by Gasteiger charge is -2.36. The summed E-state index contributed by atoms with van der Waals surface area (Å²) in [5.41, 5.74) is 0. The molecule has 0 aromatic heterocycles. The van der Waals surface area contributed by atoms with Crippen molar-refractivity contribution in [3.8, 4) is 0 Å². The lowest BCUT2D eigenvalue weighted by atomic mass is 10.2. The summed E-state index contributed by atoms with van der Waals surface area (Å²) < 4.78 is 32.9. The van der Waals surface area contributed by atoms with Gasteiger partial charge < -0.3 is 4.74 Å². The van der Waals surface area contributed by atoms with Crippen LogP contribution in [-0.2, 0) is 14.8 Å². The Labute approximate surface area is 116 Å². The van der Waals surface area contributed by atoms with Gasteiger partial charge in [0.25, 0.3) is 0 Å². The zero-order valence-corrected chi connectivity index (χ0v) is 12.7. The van der Waals surface area contributed by atoms with Crippen molar-refractivity contribution in [2.45, 2.75) is 30.9 Å². The Morgan fingerprint density at radius 3 is 2.50 bits per heavy atom. The molecule has 1 aliphatic heterocycles. The fraction of sp³-hybridized carbons (Fsp3) is 0.500. The van der Waals surface area contributed by atoms with Crippen LogP contribution in [0, 0.1) is 0 Å². The second kappa shape index (κ2) is 5.28. The predicted molar refractivity (Wildman–Crippen MR) is 72.9 cm³/mol. The first-order chi connectivity index (χ1) is 8.43. The predicted octanol–water partition coefficient (Wildman–Crippen LogP) is 2.25. The largest absolute Gasteiger partial charge is 0.375 e. The van der Waals surface area contributed by atoms with Crippen molar-refractivity contribution in [3.63, 3.8) is 0 Å². The lowest BCUT2D eigenvalue weighted by Crippen LogP contribution is -2.50. The number of ether oxygens (including phenoxy) is 1. The summed E-state index contributed by atoms with van der Waals surface area (Å²) in [5.74, 6) is 0. The number of hydrogen-bond donors (Lipinski definition) is 0. The minimum Gasteiger partial charge on any atom is -0.375 e. The molecule has 1 fully saturated rings. The van der Waals surface area contributed by atoms with E-state index in [1.807, 2.05) is 13.8 Å². The van der Waals surface area contributed by atoms with Gasteiger partial charge in [-0.3, -0.25) is 0 Å². The molecule has 4 nitrogen and oxygen atoms in total. The summed E-state index contributed by atoms with van der Waals surface area (Å²) in [7, 11) is -3.43. The highest BCUT2D eigenvalue weighted by Gasteiger charge is 2.35. The van der Waals surface area contributed by atoms with E-state index in [4.69, 9.17) is 4.74 Å². The number of halogens is 1. The Morgan fingerprint density at radius 1 is 1.28 bits per heavy atom. The summed E-state index contributed by atoms with van der Waals surface area (Å²) in [6.07, 6.45) is -0.0797. The van der Waals surface area contributed by atoms with Gasteiger partial charge in [0.15, 0.2) is 0 Å². The van der Waals surface area contributed by atoms with Crippen LogP contribution in [0.25, 0.3) is 0 Å². The standard InChI is InChI=1S/C12H16BrNO3S/c1-9-10(2)17-8-7-14(9)18(15,16)12-5-3-11(13)4-6-12/h3-6,9-10H,7-8H2,1-2H3. The molecule has 6 heteroatoms. The third-order valence-corrected chi connectivity index (χ3v) is 5.78. The quantitative estimate of drug-likeness (QED) is 0.833. The Kier molecular flexibility index (Phi) is 4.11. The monoisotopic (exact) mass is 333 g/mol. The molecule has 0 bridgehead atoms. The van der Waals surface area contributed by atoms with Crippen LogP contribution in [0.15, 0.2) is 33.6 Å². The Morgan fingerprint density at radius 2 is 1.89 bits per heavy atom. The number of nitrogens with zero attached hydrogens (tertiary/aromatic N) is 1. The van der Waals surface area contributed by atoms with Crippen molar-refractivity contribution < 1.29 is 13.2 Å². The van der Waals surface area contributed by atoms with Crippen molar-refractivity contribution in [3.05, 3.63) is 28.7 Å². The van der Waals surface area contributed by atoms with E-state index < -0.39 is 10.0 Å². The summed E-state index contributed by atoms with van der Waals surface area (Å²) in [6.45, 7) is 4.62. The van der Waals surface area contributed by atoms with E-state index in [1.54, 1.807) is 24.3 Å². The maximum absolute atomic E-state index is 12.5. The van der Waals surface area contributed by atoms with Crippen molar-refractivity contribution in [1.82, 2.24) is 4.31 Å². The zero-order chi connectivity index (χ0) is 13.3. The molecule has 2 atom stereocenters.